The maximum absolute atomic E-state index is 13.0. The molecule has 1 saturated heterocycles. The van der Waals surface area contributed by atoms with Crippen LogP contribution in [0, 0.1) is 0 Å². The summed E-state index contributed by atoms with van der Waals surface area (Å²) in [6.45, 7) is 3.76. The molecular formula is C38H73NO9. The molecule has 0 radical (unpaired) electrons. The number of carbonyl (C=O) groups excluding carboxylic acids is 2. The number of rotatable bonds is 32. The average molecular weight is 688 g/mol. The van der Waals surface area contributed by atoms with E-state index < -0.39 is 49.3 Å². The third kappa shape index (κ3) is 21.7. The molecule has 0 aliphatic carbocycles. The summed E-state index contributed by atoms with van der Waals surface area (Å²) in [5.74, 6) is -0.919. The molecule has 1 rings (SSSR count). The maximum atomic E-state index is 13.0. The molecular weight excluding hydrogens is 614 g/mol. The molecule has 10 heteroatoms. The second-order valence-electron chi connectivity index (χ2n) is 13.8. The predicted molar refractivity (Wildman–Crippen MR) is 189 cm³/mol. The fraction of sp³-hybridized carbons (Fsp3) is 0.947. The Morgan fingerprint density at radius 2 is 1.06 bits per heavy atom. The predicted octanol–water partition coefficient (Wildman–Crippen LogP) is 6.62. The highest BCUT2D eigenvalue weighted by Gasteiger charge is 2.44. The number of amides is 1. The van der Waals surface area contributed by atoms with Crippen molar-refractivity contribution in [3.8, 4) is 0 Å². The first-order valence-corrected chi connectivity index (χ1v) is 19.7. The minimum absolute atomic E-state index is 0.238. The second-order valence-corrected chi connectivity index (χ2v) is 13.8. The van der Waals surface area contributed by atoms with Crippen LogP contribution in [0.5, 0.6) is 0 Å². The van der Waals surface area contributed by atoms with E-state index in [-0.39, 0.29) is 25.5 Å². The molecule has 0 aromatic heterocycles. The van der Waals surface area contributed by atoms with Gasteiger partial charge in [0.05, 0.1) is 19.8 Å². The first kappa shape index (κ1) is 44.7. The molecule has 0 unspecified atom stereocenters. The van der Waals surface area contributed by atoms with Crippen LogP contribution in [0.3, 0.4) is 0 Å². The van der Waals surface area contributed by atoms with Crippen LogP contribution >= 0.6 is 0 Å². The third-order valence-electron chi connectivity index (χ3n) is 9.39. The molecule has 0 bridgehead atoms. The van der Waals surface area contributed by atoms with Gasteiger partial charge in [0, 0.05) is 6.42 Å². The van der Waals surface area contributed by atoms with Crippen molar-refractivity contribution >= 4 is 11.9 Å². The minimum atomic E-state index is -1.60. The highest BCUT2D eigenvalue weighted by molar-refractivity contribution is 5.84. The third-order valence-corrected chi connectivity index (χ3v) is 9.39. The van der Waals surface area contributed by atoms with Gasteiger partial charge in [0.1, 0.15) is 24.4 Å². The van der Waals surface area contributed by atoms with Crippen molar-refractivity contribution in [2.75, 3.05) is 19.8 Å². The van der Waals surface area contributed by atoms with Gasteiger partial charge in [-0.2, -0.15) is 0 Å². The van der Waals surface area contributed by atoms with Crippen molar-refractivity contribution in [1.29, 1.82) is 0 Å². The van der Waals surface area contributed by atoms with Crippen molar-refractivity contribution in [2.24, 2.45) is 0 Å². The second kappa shape index (κ2) is 30.5. The van der Waals surface area contributed by atoms with Gasteiger partial charge in [-0.3, -0.25) is 4.79 Å². The van der Waals surface area contributed by atoms with E-state index in [4.69, 9.17) is 14.2 Å². The van der Waals surface area contributed by atoms with Gasteiger partial charge < -0.3 is 40.0 Å². The van der Waals surface area contributed by atoms with E-state index in [0.29, 0.717) is 0 Å². The Kier molecular flexibility index (Phi) is 28.4. The molecule has 284 valence electrons. The lowest BCUT2D eigenvalue weighted by Crippen LogP contribution is -2.59. The van der Waals surface area contributed by atoms with E-state index in [0.717, 1.165) is 44.9 Å². The smallest absolute Gasteiger partial charge is 0.331 e. The SMILES string of the molecule is CCCCCCCCCCCCCCOC(=O)[C@H](CO[C@H]1O[C@H](CO)[C@@H](O)[C@H](O)[C@H]1O)NC(=O)CCCCCCCCCCCCCC. The Morgan fingerprint density at radius 1 is 0.625 bits per heavy atom. The number of esters is 1. The molecule has 1 aliphatic rings. The monoisotopic (exact) mass is 688 g/mol. The molecule has 1 fully saturated rings. The summed E-state index contributed by atoms with van der Waals surface area (Å²) in [5, 5.41) is 42.6. The van der Waals surface area contributed by atoms with Crippen LogP contribution < -0.4 is 5.32 Å². The highest BCUT2D eigenvalue weighted by atomic mass is 16.7. The molecule has 48 heavy (non-hydrogen) atoms. The van der Waals surface area contributed by atoms with Crippen LogP contribution in [0.4, 0.5) is 0 Å². The Hall–Kier alpha value is -1.30. The summed E-state index contributed by atoms with van der Waals surface area (Å²) >= 11 is 0. The van der Waals surface area contributed by atoms with Crippen LogP contribution in [0.15, 0.2) is 0 Å². The van der Waals surface area contributed by atoms with Crippen molar-refractivity contribution in [2.45, 2.75) is 211 Å². The molecule has 1 heterocycles. The number of nitrogens with one attached hydrogen (secondary N) is 1. The highest BCUT2D eigenvalue weighted by Crippen LogP contribution is 2.22. The van der Waals surface area contributed by atoms with Crippen molar-refractivity contribution in [3.05, 3.63) is 0 Å². The van der Waals surface area contributed by atoms with Crippen molar-refractivity contribution in [3.63, 3.8) is 0 Å². The Morgan fingerprint density at radius 3 is 1.52 bits per heavy atom. The van der Waals surface area contributed by atoms with Gasteiger partial charge in [0.2, 0.25) is 5.91 Å². The topological polar surface area (TPSA) is 155 Å². The lowest BCUT2D eigenvalue weighted by Gasteiger charge is -2.39. The normalized spacial score (nSPS) is 21.7. The van der Waals surface area contributed by atoms with Crippen molar-refractivity contribution in [1.82, 2.24) is 5.32 Å². The lowest BCUT2D eigenvalue weighted by atomic mass is 9.99. The van der Waals surface area contributed by atoms with Gasteiger partial charge >= 0.3 is 5.97 Å². The van der Waals surface area contributed by atoms with E-state index in [2.05, 4.69) is 19.2 Å². The molecule has 1 amide bonds. The van der Waals surface area contributed by atoms with E-state index >= 15 is 0 Å². The zero-order valence-corrected chi connectivity index (χ0v) is 30.6. The summed E-state index contributed by atoms with van der Waals surface area (Å²) in [5.41, 5.74) is 0. The van der Waals surface area contributed by atoms with Crippen LogP contribution in [0.25, 0.3) is 0 Å². The average Bonchev–Trinajstić information content (AvgIpc) is 3.08. The van der Waals surface area contributed by atoms with Crippen LogP contribution in [0.1, 0.15) is 174 Å². The minimum Gasteiger partial charge on any atom is -0.464 e. The van der Waals surface area contributed by atoms with Gasteiger partial charge in [-0.05, 0) is 12.8 Å². The van der Waals surface area contributed by atoms with E-state index in [1.807, 2.05) is 0 Å². The van der Waals surface area contributed by atoms with Gasteiger partial charge in [-0.1, -0.05) is 155 Å². The molecule has 0 aromatic carbocycles. The van der Waals surface area contributed by atoms with E-state index in [1.54, 1.807) is 0 Å². The van der Waals surface area contributed by atoms with Crippen LogP contribution in [0.2, 0.25) is 0 Å². The lowest BCUT2D eigenvalue weighted by molar-refractivity contribution is -0.301. The van der Waals surface area contributed by atoms with Crippen LogP contribution in [-0.2, 0) is 23.8 Å². The fourth-order valence-electron chi connectivity index (χ4n) is 6.17. The summed E-state index contributed by atoms with van der Waals surface area (Å²) in [7, 11) is 0. The number of ether oxygens (including phenoxy) is 3. The maximum Gasteiger partial charge on any atom is 0.331 e. The zero-order valence-electron chi connectivity index (χ0n) is 30.6. The molecule has 10 nitrogen and oxygen atoms in total. The molecule has 1 aliphatic heterocycles. The standard InChI is InChI=1S/C38H73NO9/c1-3-5-7-9-11-13-15-17-19-21-23-25-27-33(41)39-31(30-47-38-36(44)35(43)34(42)32(29-40)48-38)37(45)46-28-26-24-22-20-18-16-14-12-10-8-6-4-2/h31-32,34-36,38,40,42-44H,3-30H2,1-2H3,(H,39,41)/t31-,32+,34+,35-,36+,38-/m0/s1. The molecule has 0 aromatic rings. The van der Waals surface area contributed by atoms with E-state index in [9.17, 15) is 30.0 Å². The van der Waals surface area contributed by atoms with E-state index in [1.165, 1.54) is 109 Å². The number of aliphatic hydroxyl groups excluding tert-OH is 4. The number of carbonyl (C=O) groups is 2. The fourth-order valence-corrected chi connectivity index (χ4v) is 6.17. The first-order valence-electron chi connectivity index (χ1n) is 19.7. The Balaban J connectivity index is 2.40. The summed E-state index contributed by atoms with van der Waals surface area (Å²) < 4.78 is 16.5. The molecule has 6 atom stereocenters. The van der Waals surface area contributed by atoms with Gasteiger partial charge in [-0.25, -0.2) is 4.79 Å². The molecule has 0 saturated carbocycles. The quantitative estimate of drug-likeness (QED) is 0.0388. The van der Waals surface area contributed by atoms with Gasteiger partial charge in [0.15, 0.2) is 12.3 Å². The summed E-state index contributed by atoms with van der Waals surface area (Å²) in [4.78, 5) is 25.8. The summed E-state index contributed by atoms with van der Waals surface area (Å²) in [6, 6.07) is -1.13. The largest absolute Gasteiger partial charge is 0.464 e. The number of aliphatic hydroxyl groups is 4. The number of hydrogen-bond acceptors (Lipinski definition) is 9. The molecule has 0 spiro atoms. The van der Waals surface area contributed by atoms with Crippen molar-refractivity contribution < 1.29 is 44.2 Å². The van der Waals surface area contributed by atoms with Gasteiger partial charge in [0.25, 0.3) is 0 Å². The Bertz CT molecular complexity index is 768. The Labute approximate surface area is 292 Å². The first-order chi connectivity index (χ1) is 23.3. The molecule has 5 N–H and O–H groups in total. The van der Waals surface area contributed by atoms with Gasteiger partial charge in [-0.15, -0.1) is 0 Å². The van der Waals surface area contributed by atoms with Crippen LogP contribution in [-0.4, -0.2) is 88.9 Å². The zero-order chi connectivity index (χ0) is 35.2. The summed E-state index contributed by atoms with van der Waals surface area (Å²) in [6.07, 6.45) is 21.7. The number of hydrogen-bond donors (Lipinski definition) is 5. The number of unbranched alkanes of at least 4 members (excludes halogenated alkanes) is 22.